The Morgan fingerprint density at radius 2 is 1.21 bits per heavy atom. The van der Waals surface area contributed by atoms with Crippen molar-refractivity contribution in [3.63, 3.8) is 0 Å². The van der Waals surface area contributed by atoms with E-state index in [1.54, 1.807) is 0 Å². The molecule has 0 radical (unpaired) electrons. The first-order chi connectivity index (χ1) is 15.3. The van der Waals surface area contributed by atoms with Crippen molar-refractivity contribution in [1.29, 1.82) is 0 Å². The number of carbonyl (C=O) groups excluding carboxylic acids is 3. The summed E-state index contributed by atoms with van der Waals surface area (Å²) in [7, 11) is -0.308. The summed E-state index contributed by atoms with van der Waals surface area (Å²) in [5.41, 5.74) is -1.37. The van der Waals surface area contributed by atoms with Crippen molar-refractivity contribution < 1.29 is 28.6 Å². The Bertz CT molecular complexity index is 737. The maximum Gasteiger partial charge on any atom is 0.323 e. The maximum atomic E-state index is 12.8. The zero-order chi connectivity index (χ0) is 26.8. The minimum absolute atomic E-state index is 0.0890. The Hall–Kier alpha value is -0.982. The number of carbonyl (C=O) groups is 3. The Balaban J connectivity index is 3.47. The molecule has 0 aromatic heterocycles. The van der Waals surface area contributed by atoms with Gasteiger partial charge in [0.15, 0.2) is 5.41 Å². The summed E-state index contributed by atoms with van der Waals surface area (Å²) < 4.78 is 15.0. The van der Waals surface area contributed by atoms with Gasteiger partial charge >= 0.3 is 17.9 Å². The molecular formula is C24H48O6Si4. The molecule has 1 fully saturated rings. The van der Waals surface area contributed by atoms with E-state index in [0.29, 0.717) is 6.42 Å². The first-order valence-corrected chi connectivity index (χ1v) is 28.0. The highest BCUT2D eigenvalue weighted by atomic mass is 29.9. The Labute approximate surface area is 210 Å². The number of hydrogen-bond acceptors (Lipinski definition) is 6. The molecule has 1 saturated carbocycles. The quantitative estimate of drug-likeness (QED) is 0.124. The minimum Gasteiger partial charge on any atom is -0.469 e. The predicted octanol–water partition coefficient (Wildman–Crippen LogP) is 5.16. The molecule has 2 unspecified atom stereocenters. The van der Waals surface area contributed by atoms with E-state index < -0.39 is 46.8 Å². The van der Waals surface area contributed by atoms with Gasteiger partial charge in [-0.15, -0.1) is 0 Å². The molecule has 6 nitrogen and oxygen atoms in total. The number of esters is 3. The summed E-state index contributed by atoms with van der Waals surface area (Å²) in [5, 5.41) is 0. The molecule has 0 bridgehead atoms. The standard InChI is InChI=1S/C24H48O6Si4/c1-28-21(25)16-20-18-24(22(26)29-2,23(27)30-3)17-19(20)14-13-15-34(31(4,5)6,32(7,8)9)33(10,11)12/h13-14,19-20H,15-18H2,1-12H3/b14-13+. The van der Waals surface area contributed by atoms with Crippen molar-refractivity contribution in [2.45, 2.75) is 84.2 Å². The molecular weight excluding hydrogens is 497 g/mol. The highest BCUT2D eigenvalue weighted by molar-refractivity contribution is 7.89. The molecule has 0 spiro atoms. The molecule has 1 aliphatic carbocycles. The lowest BCUT2D eigenvalue weighted by Gasteiger charge is -2.57. The van der Waals surface area contributed by atoms with Crippen LogP contribution in [0.1, 0.15) is 19.3 Å². The molecule has 1 aliphatic rings. The molecule has 1 rings (SSSR count). The zero-order valence-electron chi connectivity index (χ0n) is 23.6. The average Bonchev–Trinajstić information content (AvgIpc) is 3.05. The number of hydrogen-bond donors (Lipinski definition) is 0. The third-order valence-corrected chi connectivity index (χ3v) is 82.2. The van der Waals surface area contributed by atoms with Crippen LogP contribution in [-0.4, -0.2) is 68.6 Å². The summed E-state index contributed by atoms with van der Waals surface area (Å²) in [6.45, 7) is 21.5. The first-order valence-electron chi connectivity index (χ1n) is 12.2. The van der Waals surface area contributed by atoms with Gasteiger partial charge in [0.05, 0.1) is 21.3 Å². The maximum absolute atomic E-state index is 12.8. The molecule has 0 amide bonds. The lowest BCUT2D eigenvalue weighted by Crippen LogP contribution is -2.82. The summed E-state index contributed by atoms with van der Waals surface area (Å²) in [6, 6.07) is 1.15. The van der Waals surface area contributed by atoms with Crippen LogP contribution in [0.2, 0.25) is 65.0 Å². The van der Waals surface area contributed by atoms with E-state index >= 15 is 0 Å². The fourth-order valence-corrected chi connectivity index (χ4v) is 104. The monoisotopic (exact) mass is 544 g/mol. The van der Waals surface area contributed by atoms with Gasteiger partial charge in [-0.05, 0) is 30.7 Å². The average molecular weight is 545 g/mol. The van der Waals surface area contributed by atoms with Crippen LogP contribution in [0.3, 0.4) is 0 Å². The largest absolute Gasteiger partial charge is 0.469 e. The second kappa shape index (κ2) is 11.0. The lowest BCUT2D eigenvalue weighted by molar-refractivity contribution is -0.169. The topological polar surface area (TPSA) is 78.9 Å². The minimum atomic E-state index is -1.57. The van der Waals surface area contributed by atoms with Gasteiger partial charge in [-0.2, -0.15) is 0 Å². The van der Waals surface area contributed by atoms with Gasteiger partial charge in [-0.3, -0.25) is 14.4 Å². The van der Waals surface area contributed by atoms with E-state index in [0.717, 1.165) is 6.04 Å². The molecule has 0 heterocycles. The lowest BCUT2D eigenvalue weighted by atomic mass is 9.84. The fourth-order valence-electron chi connectivity index (χ4n) is 7.52. The van der Waals surface area contributed by atoms with E-state index in [1.165, 1.54) is 21.3 Å². The summed E-state index contributed by atoms with van der Waals surface area (Å²) in [5.74, 6) is -1.76. The van der Waals surface area contributed by atoms with Gasteiger partial charge < -0.3 is 14.2 Å². The molecule has 0 saturated heterocycles. The van der Waals surface area contributed by atoms with Crippen molar-refractivity contribution in [3.05, 3.63) is 12.2 Å². The van der Waals surface area contributed by atoms with E-state index in [-0.39, 0.29) is 30.6 Å². The van der Waals surface area contributed by atoms with Crippen LogP contribution in [0.15, 0.2) is 12.2 Å². The van der Waals surface area contributed by atoms with Crippen LogP contribution in [-0.2, 0) is 28.6 Å². The van der Waals surface area contributed by atoms with Gasteiger partial charge in [0.2, 0.25) is 0 Å². The Morgan fingerprint density at radius 1 is 0.765 bits per heavy atom. The number of allylic oxidation sites excluding steroid dienone is 2. The van der Waals surface area contributed by atoms with E-state index in [2.05, 4.69) is 71.1 Å². The van der Waals surface area contributed by atoms with Crippen LogP contribution in [0, 0.1) is 17.3 Å². The molecule has 0 aromatic carbocycles. The van der Waals surface area contributed by atoms with Crippen LogP contribution in [0.4, 0.5) is 0 Å². The van der Waals surface area contributed by atoms with E-state index in [9.17, 15) is 14.4 Å². The summed E-state index contributed by atoms with van der Waals surface area (Å²) in [6.07, 6.45) is 5.25. The first kappa shape index (κ1) is 31.0. The third kappa shape index (κ3) is 5.87. The number of methoxy groups -OCH3 is 3. The number of rotatable bonds is 10. The normalized spacial score (nSPS) is 21.4. The van der Waals surface area contributed by atoms with Gasteiger partial charge in [0, 0.05) is 35.8 Å². The van der Waals surface area contributed by atoms with E-state index in [4.69, 9.17) is 14.2 Å². The fraction of sp³-hybridized carbons (Fsp3) is 0.792. The molecule has 10 heteroatoms. The van der Waals surface area contributed by atoms with Crippen molar-refractivity contribution in [3.8, 4) is 0 Å². The van der Waals surface area contributed by atoms with Crippen molar-refractivity contribution in [1.82, 2.24) is 0 Å². The van der Waals surface area contributed by atoms with Crippen LogP contribution in [0.5, 0.6) is 0 Å². The summed E-state index contributed by atoms with van der Waals surface area (Å²) in [4.78, 5) is 37.7. The van der Waals surface area contributed by atoms with Gasteiger partial charge in [-0.1, -0.05) is 71.1 Å². The summed E-state index contributed by atoms with van der Waals surface area (Å²) >= 11 is 0. The van der Waals surface area contributed by atoms with Crippen molar-refractivity contribution >= 4 is 47.3 Å². The smallest absolute Gasteiger partial charge is 0.323 e. The molecule has 34 heavy (non-hydrogen) atoms. The third-order valence-electron chi connectivity index (χ3n) is 8.26. The Morgan fingerprint density at radius 3 is 1.56 bits per heavy atom. The number of ether oxygens (including phenoxy) is 3. The SMILES string of the molecule is COC(=O)CC1CC(C(=O)OC)(C(=O)OC)CC1/C=C/C[Si]([Si](C)(C)C)([Si](C)(C)C)[Si](C)(C)C. The second-order valence-electron chi connectivity index (χ2n) is 13.0. The zero-order valence-corrected chi connectivity index (χ0v) is 27.6. The predicted molar refractivity (Wildman–Crippen MR) is 149 cm³/mol. The van der Waals surface area contributed by atoms with Crippen molar-refractivity contribution in [2.24, 2.45) is 17.3 Å². The van der Waals surface area contributed by atoms with Crippen LogP contribution in [0.25, 0.3) is 0 Å². The van der Waals surface area contributed by atoms with Crippen LogP contribution >= 0.6 is 0 Å². The second-order valence-corrected chi connectivity index (χ2v) is 54.4. The van der Waals surface area contributed by atoms with Gasteiger partial charge in [0.25, 0.3) is 0 Å². The molecule has 0 aliphatic heterocycles. The van der Waals surface area contributed by atoms with Gasteiger partial charge in [-0.25, -0.2) is 0 Å². The molecule has 0 aromatic rings. The van der Waals surface area contributed by atoms with E-state index in [1.807, 2.05) is 0 Å². The molecule has 196 valence electrons. The van der Waals surface area contributed by atoms with Gasteiger partial charge in [0.1, 0.15) is 0 Å². The highest BCUT2D eigenvalue weighted by Gasteiger charge is 2.61. The molecule has 2 atom stereocenters. The highest BCUT2D eigenvalue weighted by Crippen LogP contribution is 2.50. The molecule has 0 N–H and O–H groups in total. The van der Waals surface area contributed by atoms with Crippen LogP contribution < -0.4 is 0 Å². The Kier molecular flexibility index (Phi) is 10.0. The van der Waals surface area contributed by atoms with Crippen molar-refractivity contribution in [2.75, 3.05) is 21.3 Å².